The fourth-order valence-electron chi connectivity index (χ4n) is 3.98. The monoisotopic (exact) mass is 487 g/mol. The molecule has 5 rings (SSSR count). The number of methoxy groups -OCH3 is 1. The number of benzene rings is 2. The molecule has 0 radical (unpaired) electrons. The first-order valence-corrected chi connectivity index (χ1v) is 12.3. The molecule has 0 bridgehead atoms. The number of ether oxygens (including phenoxy) is 1. The largest absolute Gasteiger partial charge is 0.497 e. The Morgan fingerprint density at radius 1 is 0.914 bits per heavy atom. The molecule has 1 aliphatic rings. The second kappa shape index (κ2) is 10.6. The van der Waals surface area contributed by atoms with Crippen molar-refractivity contribution in [3.8, 4) is 11.4 Å². The van der Waals surface area contributed by atoms with Crippen molar-refractivity contribution in [1.29, 1.82) is 0 Å². The molecule has 1 aliphatic heterocycles. The molecule has 178 valence electrons. The number of amides is 1. The highest BCUT2D eigenvalue weighted by Gasteiger charge is 2.28. The number of nitrogens with zero attached hydrogens (tertiary/aromatic N) is 7. The SMILES string of the molecule is COc1ccc(N2CCN(C(=O)c3nnn(-c4ccccc4)c3CSc3ncccn3)CC2)cc1. The first kappa shape index (κ1) is 22.9. The van der Waals surface area contributed by atoms with Crippen molar-refractivity contribution >= 4 is 23.4 Å². The molecule has 2 aromatic carbocycles. The van der Waals surface area contributed by atoms with E-state index in [2.05, 4.69) is 25.2 Å². The second-order valence-corrected chi connectivity index (χ2v) is 8.87. The third kappa shape index (κ3) is 5.12. The summed E-state index contributed by atoms with van der Waals surface area (Å²) in [4.78, 5) is 26.2. The Morgan fingerprint density at radius 2 is 1.63 bits per heavy atom. The number of anilines is 1. The molecule has 0 saturated carbocycles. The van der Waals surface area contributed by atoms with Crippen molar-refractivity contribution in [2.24, 2.45) is 0 Å². The summed E-state index contributed by atoms with van der Waals surface area (Å²) in [5.41, 5.74) is 3.08. The molecule has 9 nitrogen and oxygen atoms in total. The Bertz CT molecular complexity index is 1260. The van der Waals surface area contributed by atoms with E-state index in [1.165, 1.54) is 11.8 Å². The zero-order valence-electron chi connectivity index (χ0n) is 19.3. The highest BCUT2D eigenvalue weighted by atomic mass is 32.2. The number of para-hydroxylation sites is 1. The van der Waals surface area contributed by atoms with Crippen LogP contribution in [0.3, 0.4) is 0 Å². The van der Waals surface area contributed by atoms with Gasteiger partial charge in [0.05, 0.1) is 18.5 Å². The van der Waals surface area contributed by atoms with Gasteiger partial charge in [-0.3, -0.25) is 4.79 Å². The lowest BCUT2D eigenvalue weighted by Crippen LogP contribution is -2.49. The summed E-state index contributed by atoms with van der Waals surface area (Å²) in [6.45, 7) is 2.70. The standard InChI is InChI=1S/C25H25N7O2S/c1-34-21-10-8-19(9-11-21)30-14-16-31(17-15-30)24(33)23-22(18-35-25-26-12-5-13-27-25)32(29-28-23)20-6-3-2-4-7-20/h2-13H,14-18H2,1H3. The van der Waals surface area contributed by atoms with E-state index in [0.29, 0.717) is 29.7 Å². The summed E-state index contributed by atoms with van der Waals surface area (Å²) in [7, 11) is 1.66. The molecule has 35 heavy (non-hydrogen) atoms. The van der Waals surface area contributed by atoms with Gasteiger partial charge < -0.3 is 14.5 Å². The summed E-state index contributed by atoms with van der Waals surface area (Å²) in [5.74, 6) is 1.19. The molecule has 0 N–H and O–H groups in total. The van der Waals surface area contributed by atoms with Gasteiger partial charge in [0, 0.05) is 50.0 Å². The van der Waals surface area contributed by atoms with Crippen molar-refractivity contribution in [3.63, 3.8) is 0 Å². The molecular weight excluding hydrogens is 462 g/mol. The second-order valence-electron chi connectivity index (χ2n) is 7.93. The highest BCUT2D eigenvalue weighted by molar-refractivity contribution is 7.98. The van der Waals surface area contributed by atoms with Crippen LogP contribution in [-0.4, -0.2) is 69.1 Å². The van der Waals surface area contributed by atoms with Crippen LogP contribution >= 0.6 is 11.8 Å². The van der Waals surface area contributed by atoms with Crippen LogP contribution in [0.2, 0.25) is 0 Å². The van der Waals surface area contributed by atoms with Crippen LogP contribution in [0.1, 0.15) is 16.2 Å². The van der Waals surface area contributed by atoms with Gasteiger partial charge in [-0.25, -0.2) is 14.6 Å². The van der Waals surface area contributed by atoms with Gasteiger partial charge >= 0.3 is 0 Å². The highest BCUT2D eigenvalue weighted by Crippen LogP contribution is 2.25. The third-order valence-corrected chi connectivity index (χ3v) is 6.74. The van der Waals surface area contributed by atoms with Gasteiger partial charge in [0.2, 0.25) is 0 Å². The van der Waals surface area contributed by atoms with Crippen LogP contribution in [0.4, 0.5) is 5.69 Å². The molecule has 1 fully saturated rings. The normalized spacial score (nSPS) is 13.6. The maximum Gasteiger partial charge on any atom is 0.276 e. The van der Waals surface area contributed by atoms with E-state index in [-0.39, 0.29) is 5.91 Å². The van der Waals surface area contributed by atoms with Crippen LogP contribution in [0.5, 0.6) is 5.75 Å². The predicted octanol–water partition coefficient (Wildman–Crippen LogP) is 3.32. The summed E-state index contributed by atoms with van der Waals surface area (Å²) < 4.78 is 6.98. The summed E-state index contributed by atoms with van der Waals surface area (Å²) in [5, 5.41) is 9.29. The minimum Gasteiger partial charge on any atom is -0.497 e. The average molecular weight is 488 g/mol. The molecular formula is C25H25N7O2S. The summed E-state index contributed by atoms with van der Waals surface area (Å²) >= 11 is 1.45. The number of piperazine rings is 1. The summed E-state index contributed by atoms with van der Waals surface area (Å²) in [6, 6.07) is 19.5. The Balaban J connectivity index is 1.33. The van der Waals surface area contributed by atoms with Crippen molar-refractivity contribution in [2.75, 3.05) is 38.2 Å². The topological polar surface area (TPSA) is 89.3 Å². The molecule has 10 heteroatoms. The van der Waals surface area contributed by atoms with Gasteiger partial charge in [-0.1, -0.05) is 35.2 Å². The van der Waals surface area contributed by atoms with Crippen LogP contribution in [-0.2, 0) is 5.75 Å². The minimum atomic E-state index is -0.105. The number of carbonyl (C=O) groups excluding carboxylic acids is 1. The van der Waals surface area contributed by atoms with Crippen LogP contribution in [0.15, 0.2) is 78.2 Å². The van der Waals surface area contributed by atoms with Crippen molar-refractivity contribution in [1.82, 2.24) is 29.9 Å². The van der Waals surface area contributed by atoms with Crippen LogP contribution in [0.25, 0.3) is 5.69 Å². The molecule has 2 aromatic heterocycles. The van der Waals surface area contributed by atoms with E-state index in [4.69, 9.17) is 4.74 Å². The summed E-state index contributed by atoms with van der Waals surface area (Å²) in [6.07, 6.45) is 3.41. The van der Waals surface area contributed by atoms with Gasteiger partial charge in [-0.15, -0.1) is 5.10 Å². The van der Waals surface area contributed by atoms with E-state index >= 15 is 0 Å². The Labute approximate surface area is 207 Å². The molecule has 0 spiro atoms. The number of thioether (sulfide) groups is 1. The van der Waals surface area contributed by atoms with E-state index in [1.54, 1.807) is 30.3 Å². The smallest absolute Gasteiger partial charge is 0.276 e. The van der Waals surface area contributed by atoms with Crippen molar-refractivity contribution in [3.05, 3.63) is 84.4 Å². The van der Waals surface area contributed by atoms with Crippen LogP contribution in [0, 0.1) is 0 Å². The Hall–Kier alpha value is -3.92. The predicted molar refractivity (Wildman–Crippen MR) is 134 cm³/mol. The lowest BCUT2D eigenvalue weighted by molar-refractivity contribution is 0.0740. The maximum atomic E-state index is 13.5. The average Bonchev–Trinajstić information content (AvgIpc) is 3.36. The van der Waals surface area contributed by atoms with E-state index in [9.17, 15) is 4.79 Å². The number of rotatable bonds is 7. The molecule has 0 atom stereocenters. The lowest BCUT2D eigenvalue weighted by atomic mass is 10.2. The fraction of sp³-hybridized carbons (Fsp3) is 0.240. The Kier molecular flexibility index (Phi) is 6.89. The zero-order chi connectivity index (χ0) is 24.0. The molecule has 0 aliphatic carbocycles. The van der Waals surface area contributed by atoms with Gasteiger partial charge in [0.1, 0.15) is 5.75 Å². The van der Waals surface area contributed by atoms with Gasteiger partial charge in [0.25, 0.3) is 5.91 Å². The van der Waals surface area contributed by atoms with Gasteiger partial charge in [-0.05, 0) is 42.5 Å². The van der Waals surface area contributed by atoms with Gasteiger partial charge in [-0.2, -0.15) is 0 Å². The lowest BCUT2D eigenvalue weighted by Gasteiger charge is -2.36. The molecule has 0 unspecified atom stereocenters. The van der Waals surface area contributed by atoms with E-state index < -0.39 is 0 Å². The maximum absolute atomic E-state index is 13.5. The number of hydrogen-bond acceptors (Lipinski definition) is 8. The molecule has 4 aromatic rings. The van der Waals surface area contributed by atoms with E-state index in [1.807, 2.05) is 59.5 Å². The molecule has 1 amide bonds. The Morgan fingerprint density at radius 3 is 2.31 bits per heavy atom. The van der Waals surface area contributed by atoms with Crippen LogP contribution < -0.4 is 9.64 Å². The van der Waals surface area contributed by atoms with Crippen molar-refractivity contribution < 1.29 is 9.53 Å². The fourth-order valence-corrected chi connectivity index (χ4v) is 4.77. The quantitative estimate of drug-likeness (QED) is 0.290. The third-order valence-electron chi connectivity index (χ3n) is 5.85. The molecule has 3 heterocycles. The zero-order valence-corrected chi connectivity index (χ0v) is 20.1. The first-order valence-electron chi connectivity index (χ1n) is 11.3. The minimum absolute atomic E-state index is 0.105. The first-order chi connectivity index (χ1) is 17.2. The molecule has 1 saturated heterocycles. The van der Waals surface area contributed by atoms with E-state index in [0.717, 1.165) is 35.9 Å². The number of hydrogen-bond donors (Lipinski definition) is 0. The number of carbonyl (C=O) groups is 1. The van der Waals surface area contributed by atoms with Crippen molar-refractivity contribution in [2.45, 2.75) is 10.9 Å². The van der Waals surface area contributed by atoms with Gasteiger partial charge in [0.15, 0.2) is 10.9 Å². The number of aromatic nitrogens is 5.